The van der Waals surface area contributed by atoms with Gasteiger partial charge in [0.25, 0.3) is 0 Å². The highest BCUT2D eigenvalue weighted by molar-refractivity contribution is 5.83. The number of rotatable bonds is 3. The summed E-state index contributed by atoms with van der Waals surface area (Å²) in [6.45, 7) is 11.0. The molecule has 4 heteroatoms. The summed E-state index contributed by atoms with van der Waals surface area (Å²) in [7, 11) is 1.90. The zero-order chi connectivity index (χ0) is 18.1. The van der Waals surface area contributed by atoms with E-state index in [0.29, 0.717) is 18.4 Å². The number of likely N-dealkylation sites (N-methyl/N-ethyl adjacent to an activating group) is 1. The van der Waals surface area contributed by atoms with Crippen LogP contribution in [0.15, 0.2) is 0 Å². The highest BCUT2D eigenvalue weighted by Gasteiger charge is 2.60. The summed E-state index contributed by atoms with van der Waals surface area (Å²) in [6.07, 6.45) is 5.51. The van der Waals surface area contributed by atoms with Gasteiger partial charge >= 0.3 is 0 Å². The van der Waals surface area contributed by atoms with Crippen molar-refractivity contribution in [2.24, 2.45) is 27.9 Å². The standard InChI is InChI=1S/C20H36N2O2/c1-13-7-14(13)22(6)16(23)15(21)20-9-17(2,3)8-18(4,11-20)10-19(5,24)12-20/h13-15,24H,7-12,21H2,1-6H3/t13-,14+,15?,18?,19?,20?/m1/s1. The molecule has 0 radical (unpaired) electrons. The van der Waals surface area contributed by atoms with Crippen molar-refractivity contribution in [1.29, 1.82) is 0 Å². The van der Waals surface area contributed by atoms with Crippen molar-refractivity contribution in [3.8, 4) is 0 Å². The van der Waals surface area contributed by atoms with Gasteiger partial charge in [-0.25, -0.2) is 0 Å². The van der Waals surface area contributed by atoms with Crippen molar-refractivity contribution >= 4 is 5.91 Å². The summed E-state index contributed by atoms with van der Waals surface area (Å²) in [6, 6.07) is -0.159. The molecule has 0 aromatic heterocycles. The van der Waals surface area contributed by atoms with E-state index in [1.165, 1.54) is 0 Å². The SMILES string of the molecule is C[C@@H]1C[C@@H]1N(C)C(=O)C(N)C12CC(C)(C)CC(C)(CC(C)(O)C1)C2. The smallest absolute Gasteiger partial charge is 0.240 e. The number of hydrogen-bond donors (Lipinski definition) is 2. The van der Waals surface area contributed by atoms with Crippen molar-refractivity contribution in [2.45, 2.75) is 90.8 Å². The Balaban J connectivity index is 1.91. The fraction of sp³-hybridized carbons (Fsp3) is 0.950. The van der Waals surface area contributed by atoms with Crippen molar-refractivity contribution in [3.05, 3.63) is 0 Å². The van der Waals surface area contributed by atoms with E-state index in [4.69, 9.17) is 5.73 Å². The average Bonchev–Trinajstić information content (AvgIpc) is 3.07. The molecular formula is C20H36N2O2. The Morgan fingerprint density at radius 1 is 1.12 bits per heavy atom. The molecule has 1 amide bonds. The van der Waals surface area contributed by atoms with Crippen LogP contribution in [0.1, 0.15) is 73.1 Å². The average molecular weight is 337 g/mol. The molecule has 0 aliphatic heterocycles. The quantitative estimate of drug-likeness (QED) is 0.833. The van der Waals surface area contributed by atoms with E-state index >= 15 is 0 Å². The Hall–Kier alpha value is -0.610. The minimum absolute atomic E-state index is 0.0623. The van der Waals surface area contributed by atoms with Gasteiger partial charge in [-0.05, 0) is 67.6 Å². The fourth-order valence-corrected chi connectivity index (χ4v) is 6.95. The molecule has 138 valence electrons. The van der Waals surface area contributed by atoms with Crippen molar-refractivity contribution < 1.29 is 9.90 Å². The third-order valence-corrected chi connectivity index (χ3v) is 6.89. The van der Waals surface area contributed by atoms with Crippen molar-refractivity contribution in [3.63, 3.8) is 0 Å². The third-order valence-electron chi connectivity index (χ3n) is 6.89. The lowest BCUT2D eigenvalue weighted by Crippen LogP contribution is -2.63. The Kier molecular flexibility index (Phi) is 3.94. The van der Waals surface area contributed by atoms with Gasteiger partial charge in [0.1, 0.15) is 0 Å². The first kappa shape index (κ1) is 18.2. The van der Waals surface area contributed by atoms with Gasteiger partial charge in [-0.3, -0.25) is 4.79 Å². The highest BCUT2D eigenvalue weighted by Crippen LogP contribution is 2.64. The number of amides is 1. The lowest BCUT2D eigenvalue weighted by atomic mass is 9.45. The van der Waals surface area contributed by atoms with Crippen LogP contribution >= 0.6 is 0 Å². The van der Waals surface area contributed by atoms with Gasteiger partial charge in [0.2, 0.25) is 5.91 Å². The van der Waals surface area contributed by atoms with Crippen LogP contribution in [0, 0.1) is 22.2 Å². The molecule has 24 heavy (non-hydrogen) atoms. The maximum atomic E-state index is 13.1. The zero-order valence-electron chi connectivity index (χ0n) is 16.4. The topological polar surface area (TPSA) is 66.6 Å². The van der Waals surface area contributed by atoms with Crippen LogP contribution in [0.5, 0.6) is 0 Å². The number of nitrogens with two attached hydrogens (primary N) is 1. The lowest BCUT2D eigenvalue weighted by Gasteiger charge is -2.62. The van der Waals surface area contributed by atoms with Crippen LogP contribution in [0.25, 0.3) is 0 Å². The molecule has 0 aromatic carbocycles. The van der Waals surface area contributed by atoms with Gasteiger partial charge < -0.3 is 15.7 Å². The van der Waals surface area contributed by atoms with E-state index < -0.39 is 11.6 Å². The van der Waals surface area contributed by atoms with E-state index in [0.717, 1.165) is 32.1 Å². The third kappa shape index (κ3) is 3.12. The maximum Gasteiger partial charge on any atom is 0.240 e. The molecule has 4 nitrogen and oxygen atoms in total. The first-order valence-corrected chi connectivity index (χ1v) is 9.53. The minimum Gasteiger partial charge on any atom is -0.390 e. The van der Waals surface area contributed by atoms with Crippen molar-refractivity contribution in [1.82, 2.24) is 4.90 Å². The molecule has 0 aromatic rings. The van der Waals surface area contributed by atoms with E-state index in [-0.39, 0.29) is 22.2 Å². The first-order chi connectivity index (χ1) is 10.8. The summed E-state index contributed by atoms with van der Waals surface area (Å²) >= 11 is 0. The number of nitrogens with zero attached hydrogens (tertiary/aromatic N) is 1. The summed E-state index contributed by atoms with van der Waals surface area (Å²) in [5.74, 6) is 0.660. The number of aliphatic hydroxyl groups is 1. The maximum absolute atomic E-state index is 13.1. The van der Waals surface area contributed by atoms with E-state index in [1.54, 1.807) is 0 Å². The molecule has 0 spiro atoms. The lowest BCUT2D eigenvalue weighted by molar-refractivity contribution is -0.165. The predicted octanol–water partition coefficient (Wildman–Crippen LogP) is 2.93. The molecule has 3 aliphatic rings. The molecule has 0 heterocycles. The van der Waals surface area contributed by atoms with Crippen LogP contribution in [-0.2, 0) is 4.79 Å². The number of carbonyl (C=O) groups is 1. The van der Waals surface area contributed by atoms with Crippen molar-refractivity contribution in [2.75, 3.05) is 7.05 Å². The van der Waals surface area contributed by atoms with Gasteiger partial charge in [-0.1, -0.05) is 27.7 Å². The number of carbonyl (C=O) groups excluding carboxylic acids is 1. The minimum atomic E-state index is -0.729. The molecule has 2 bridgehead atoms. The van der Waals surface area contributed by atoms with E-state index in [1.807, 2.05) is 18.9 Å². The molecule has 3 saturated carbocycles. The van der Waals surface area contributed by atoms with Gasteiger partial charge in [-0.15, -0.1) is 0 Å². The van der Waals surface area contributed by atoms with Gasteiger partial charge in [0.05, 0.1) is 11.6 Å². The number of fused-ring (bicyclic) bond motifs is 2. The Morgan fingerprint density at radius 3 is 2.25 bits per heavy atom. The zero-order valence-corrected chi connectivity index (χ0v) is 16.4. The van der Waals surface area contributed by atoms with Crippen LogP contribution < -0.4 is 5.73 Å². The summed E-state index contributed by atoms with van der Waals surface area (Å²) in [5, 5.41) is 10.9. The summed E-state index contributed by atoms with van der Waals surface area (Å²) in [5.41, 5.74) is 5.85. The second-order valence-corrected chi connectivity index (χ2v) is 10.9. The monoisotopic (exact) mass is 336 g/mol. The van der Waals surface area contributed by atoms with Gasteiger partial charge in [0, 0.05) is 13.1 Å². The van der Waals surface area contributed by atoms with Crippen LogP contribution in [0.3, 0.4) is 0 Å². The second kappa shape index (κ2) is 5.20. The van der Waals surface area contributed by atoms with Crippen LogP contribution in [0.4, 0.5) is 0 Å². The molecule has 3 N–H and O–H groups in total. The molecule has 6 atom stereocenters. The molecule has 3 rings (SSSR count). The van der Waals surface area contributed by atoms with Gasteiger partial charge in [0.15, 0.2) is 0 Å². The fourth-order valence-electron chi connectivity index (χ4n) is 6.95. The first-order valence-electron chi connectivity index (χ1n) is 9.53. The molecule has 4 unspecified atom stereocenters. The van der Waals surface area contributed by atoms with E-state index in [9.17, 15) is 9.90 Å². The van der Waals surface area contributed by atoms with Crippen LogP contribution in [0.2, 0.25) is 0 Å². The largest absolute Gasteiger partial charge is 0.390 e. The molecular weight excluding hydrogens is 300 g/mol. The normalized spacial score (nSPS) is 47.8. The van der Waals surface area contributed by atoms with E-state index in [2.05, 4.69) is 27.7 Å². The van der Waals surface area contributed by atoms with Crippen LogP contribution in [-0.4, -0.2) is 40.6 Å². The highest BCUT2D eigenvalue weighted by atomic mass is 16.3. The Morgan fingerprint density at radius 2 is 1.71 bits per heavy atom. The Labute approximate surface area is 147 Å². The van der Waals surface area contributed by atoms with Gasteiger partial charge in [-0.2, -0.15) is 0 Å². The number of hydrogen-bond acceptors (Lipinski definition) is 3. The molecule has 3 fully saturated rings. The summed E-state index contributed by atoms with van der Waals surface area (Å²) < 4.78 is 0. The molecule has 0 saturated heterocycles. The second-order valence-electron chi connectivity index (χ2n) is 10.9. The molecule has 3 aliphatic carbocycles. The predicted molar refractivity (Wildman–Crippen MR) is 96.3 cm³/mol. The Bertz CT molecular complexity index is 514. The summed E-state index contributed by atoms with van der Waals surface area (Å²) in [4.78, 5) is 15.0.